The Balaban J connectivity index is 1.90. The molecule has 0 heterocycles. The number of amides is 1. The van der Waals surface area contributed by atoms with Crippen LogP contribution < -0.4 is 5.32 Å². The van der Waals surface area contributed by atoms with E-state index in [9.17, 15) is 18.7 Å². The summed E-state index contributed by atoms with van der Waals surface area (Å²) in [7, 11) is 0. The largest absolute Gasteiger partial charge is 0.391 e. The standard InChI is InChI=1S/C14H17F2NO2/c15-10-5-6-11(12(16)7-10)14(19)17-8-13(18)9-3-1-2-4-9/h5-7,9,13,18H,1-4,8H2,(H,17,19). The molecule has 0 aromatic heterocycles. The van der Waals surface area contributed by atoms with Gasteiger partial charge in [0.05, 0.1) is 11.7 Å². The molecule has 0 saturated heterocycles. The fourth-order valence-electron chi connectivity index (χ4n) is 2.47. The van der Waals surface area contributed by atoms with Crippen molar-refractivity contribution in [2.75, 3.05) is 6.54 Å². The summed E-state index contributed by atoms with van der Waals surface area (Å²) >= 11 is 0. The lowest BCUT2D eigenvalue weighted by Crippen LogP contribution is -2.35. The highest BCUT2D eigenvalue weighted by atomic mass is 19.1. The number of nitrogens with one attached hydrogen (secondary N) is 1. The zero-order valence-corrected chi connectivity index (χ0v) is 10.5. The highest BCUT2D eigenvalue weighted by Crippen LogP contribution is 2.27. The van der Waals surface area contributed by atoms with Crippen molar-refractivity contribution in [1.29, 1.82) is 0 Å². The van der Waals surface area contributed by atoms with Gasteiger partial charge in [-0.3, -0.25) is 4.79 Å². The molecule has 1 aliphatic rings. The number of carbonyl (C=O) groups is 1. The SMILES string of the molecule is O=C(NCC(O)C1CCCC1)c1ccc(F)cc1F. The highest BCUT2D eigenvalue weighted by Gasteiger charge is 2.23. The number of benzene rings is 1. The quantitative estimate of drug-likeness (QED) is 0.880. The average Bonchev–Trinajstić information content (AvgIpc) is 2.89. The minimum atomic E-state index is -0.896. The number of carbonyl (C=O) groups excluding carboxylic acids is 1. The topological polar surface area (TPSA) is 49.3 Å². The predicted octanol–water partition coefficient (Wildman–Crippen LogP) is 2.25. The number of hydrogen-bond donors (Lipinski definition) is 2. The van der Waals surface area contributed by atoms with Gasteiger partial charge in [-0.1, -0.05) is 12.8 Å². The summed E-state index contributed by atoms with van der Waals surface area (Å²) in [6, 6.07) is 2.80. The maximum absolute atomic E-state index is 13.4. The van der Waals surface area contributed by atoms with Crippen LogP contribution in [0, 0.1) is 17.6 Å². The van der Waals surface area contributed by atoms with Gasteiger partial charge in [0.2, 0.25) is 0 Å². The van der Waals surface area contributed by atoms with E-state index in [1.54, 1.807) is 0 Å². The van der Waals surface area contributed by atoms with Gasteiger partial charge in [-0.05, 0) is 30.9 Å². The first-order valence-corrected chi connectivity index (χ1v) is 6.49. The third-order valence-electron chi connectivity index (χ3n) is 3.59. The molecule has 2 rings (SSSR count). The minimum Gasteiger partial charge on any atom is -0.391 e. The van der Waals surface area contributed by atoms with E-state index < -0.39 is 23.6 Å². The Morgan fingerprint density at radius 2 is 2.05 bits per heavy atom. The molecule has 1 aromatic carbocycles. The molecule has 1 aliphatic carbocycles. The zero-order chi connectivity index (χ0) is 13.8. The third-order valence-corrected chi connectivity index (χ3v) is 3.59. The number of aliphatic hydroxyl groups excluding tert-OH is 1. The predicted molar refractivity (Wildman–Crippen MR) is 66.7 cm³/mol. The first-order valence-electron chi connectivity index (χ1n) is 6.49. The number of aliphatic hydroxyl groups is 1. The molecule has 1 unspecified atom stereocenters. The Hall–Kier alpha value is -1.49. The molecule has 0 bridgehead atoms. The Morgan fingerprint density at radius 3 is 2.68 bits per heavy atom. The molecule has 3 nitrogen and oxygen atoms in total. The van der Waals surface area contributed by atoms with E-state index in [2.05, 4.69) is 5.32 Å². The molecule has 1 aromatic rings. The second-order valence-electron chi connectivity index (χ2n) is 4.95. The molecule has 0 radical (unpaired) electrons. The Bertz CT molecular complexity index is 459. The van der Waals surface area contributed by atoms with E-state index in [0.29, 0.717) is 6.07 Å². The smallest absolute Gasteiger partial charge is 0.254 e. The molecular formula is C14H17F2NO2. The number of hydrogen-bond acceptors (Lipinski definition) is 2. The lowest BCUT2D eigenvalue weighted by atomic mass is 10.0. The minimum absolute atomic E-state index is 0.0975. The number of rotatable bonds is 4. The van der Waals surface area contributed by atoms with E-state index in [1.807, 2.05) is 0 Å². The van der Waals surface area contributed by atoms with Gasteiger partial charge in [0.15, 0.2) is 0 Å². The van der Waals surface area contributed by atoms with Crippen molar-refractivity contribution < 1.29 is 18.7 Å². The summed E-state index contributed by atoms with van der Waals surface area (Å²) in [6.45, 7) is 0.0975. The summed E-state index contributed by atoms with van der Waals surface area (Å²) in [4.78, 5) is 11.7. The van der Waals surface area contributed by atoms with Crippen LogP contribution in [0.3, 0.4) is 0 Å². The van der Waals surface area contributed by atoms with Crippen LogP contribution >= 0.6 is 0 Å². The highest BCUT2D eigenvalue weighted by molar-refractivity contribution is 5.94. The number of halogens is 2. The average molecular weight is 269 g/mol. The fraction of sp³-hybridized carbons (Fsp3) is 0.500. The summed E-state index contributed by atoms with van der Waals surface area (Å²) in [5.41, 5.74) is -0.208. The van der Waals surface area contributed by atoms with Crippen LogP contribution in [0.4, 0.5) is 8.78 Å². The van der Waals surface area contributed by atoms with Crippen LogP contribution in [0.2, 0.25) is 0 Å². The maximum Gasteiger partial charge on any atom is 0.254 e. The molecular weight excluding hydrogens is 252 g/mol. The third kappa shape index (κ3) is 3.50. The first-order chi connectivity index (χ1) is 9.08. The van der Waals surface area contributed by atoms with Gasteiger partial charge in [-0.15, -0.1) is 0 Å². The molecule has 1 amide bonds. The molecule has 2 N–H and O–H groups in total. The first kappa shape index (κ1) is 13.9. The fourth-order valence-corrected chi connectivity index (χ4v) is 2.47. The Kier molecular flexibility index (Phi) is 4.47. The summed E-state index contributed by atoms with van der Waals surface area (Å²) in [5.74, 6) is -2.04. The molecule has 0 aliphatic heterocycles. The van der Waals surface area contributed by atoms with Crippen molar-refractivity contribution in [3.8, 4) is 0 Å². The molecule has 0 spiro atoms. The lowest BCUT2D eigenvalue weighted by Gasteiger charge is -2.18. The summed E-state index contributed by atoms with van der Waals surface area (Å²) in [5, 5.41) is 12.4. The van der Waals surface area contributed by atoms with Crippen molar-refractivity contribution in [1.82, 2.24) is 5.32 Å². The van der Waals surface area contributed by atoms with E-state index >= 15 is 0 Å². The van der Waals surface area contributed by atoms with E-state index in [-0.39, 0.29) is 18.0 Å². The molecule has 1 atom stereocenters. The Morgan fingerprint density at radius 1 is 1.37 bits per heavy atom. The van der Waals surface area contributed by atoms with Crippen molar-refractivity contribution in [2.24, 2.45) is 5.92 Å². The zero-order valence-electron chi connectivity index (χ0n) is 10.5. The van der Waals surface area contributed by atoms with E-state index in [0.717, 1.165) is 37.8 Å². The van der Waals surface area contributed by atoms with Gasteiger partial charge in [-0.2, -0.15) is 0 Å². The molecule has 104 valence electrons. The van der Waals surface area contributed by atoms with Gasteiger partial charge in [-0.25, -0.2) is 8.78 Å². The molecule has 5 heteroatoms. The second-order valence-corrected chi connectivity index (χ2v) is 4.95. The molecule has 1 fully saturated rings. The van der Waals surface area contributed by atoms with Crippen molar-refractivity contribution >= 4 is 5.91 Å². The van der Waals surface area contributed by atoms with Crippen LogP contribution in [0.25, 0.3) is 0 Å². The van der Waals surface area contributed by atoms with Gasteiger partial charge in [0.25, 0.3) is 5.91 Å². The molecule has 1 saturated carbocycles. The normalized spacial score (nSPS) is 17.4. The van der Waals surface area contributed by atoms with Crippen LogP contribution in [-0.4, -0.2) is 23.7 Å². The Labute approximate surface area is 110 Å². The molecule has 19 heavy (non-hydrogen) atoms. The monoisotopic (exact) mass is 269 g/mol. The van der Waals surface area contributed by atoms with Gasteiger partial charge >= 0.3 is 0 Å². The van der Waals surface area contributed by atoms with Crippen molar-refractivity contribution in [2.45, 2.75) is 31.8 Å². The van der Waals surface area contributed by atoms with Crippen LogP contribution in [0.5, 0.6) is 0 Å². The second kappa shape index (κ2) is 6.10. The van der Waals surface area contributed by atoms with Crippen LogP contribution in [0.1, 0.15) is 36.0 Å². The summed E-state index contributed by atoms with van der Waals surface area (Å²) in [6.07, 6.45) is 3.52. The van der Waals surface area contributed by atoms with Gasteiger partial charge < -0.3 is 10.4 Å². The maximum atomic E-state index is 13.4. The van der Waals surface area contributed by atoms with Gasteiger partial charge in [0.1, 0.15) is 11.6 Å². The van der Waals surface area contributed by atoms with Gasteiger partial charge in [0, 0.05) is 12.6 Å². The van der Waals surface area contributed by atoms with Crippen LogP contribution in [0.15, 0.2) is 18.2 Å². The van der Waals surface area contributed by atoms with Crippen LogP contribution in [-0.2, 0) is 0 Å². The van der Waals surface area contributed by atoms with E-state index in [1.165, 1.54) is 0 Å². The lowest BCUT2D eigenvalue weighted by molar-refractivity contribution is 0.0837. The summed E-state index contributed by atoms with van der Waals surface area (Å²) < 4.78 is 26.1. The van der Waals surface area contributed by atoms with Crippen molar-refractivity contribution in [3.05, 3.63) is 35.4 Å². The van der Waals surface area contributed by atoms with E-state index in [4.69, 9.17) is 0 Å². The van der Waals surface area contributed by atoms with Crippen molar-refractivity contribution in [3.63, 3.8) is 0 Å².